The lowest BCUT2D eigenvalue weighted by Gasteiger charge is -2.30. The van der Waals surface area contributed by atoms with E-state index in [0.717, 1.165) is 41.0 Å². The number of aromatic nitrogens is 1. The minimum absolute atomic E-state index is 0.115. The molecule has 0 unspecified atom stereocenters. The Morgan fingerprint density at radius 3 is 2.03 bits per heavy atom. The maximum atomic E-state index is 13.1. The van der Waals surface area contributed by atoms with Crippen molar-refractivity contribution in [2.75, 3.05) is 0 Å². The highest BCUT2D eigenvalue weighted by Crippen LogP contribution is 2.37. The minimum atomic E-state index is -0.257. The predicted octanol–water partition coefficient (Wildman–Crippen LogP) is 6.80. The van der Waals surface area contributed by atoms with E-state index in [0.29, 0.717) is 0 Å². The third-order valence-corrected chi connectivity index (χ3v) is 6.40. The number of benzene rings is 1. The highest BCUT2D eigenvalue weighted by atomic mass is 32.1. The van der Waals surface area contributed by atoms with Crippen molar-refractivity contribution in [3.8, 4) is 11.3 Å². The van der Waals surface area contributed by atoms with Crippen molar-refractivity contribution in [1.82, 2.24) is 4.57 Å². The van der Waals surface area contributed by atoms with Gasteiger partial charge < -0.3 is 4.57 Å². The number of unbranched alkanes of at least 4 members (excludes halogenated alkanes) is 1. The molecule has 1 aliphatic carbocycles. The van der Waals surface area contributed by atoms with E-state index in [4.69, 9.17) is 0 Å². The van der Waals surface area contributed by atoms with Gasteiger partial charge in [-0.25, -0.2) is 0 Å². The van der Waals surface area contributed by atoms with Crippen molar-refractivity contribution in [2.45, 2.75) is 67.9 Å². The van der Waals surface area contributed by atoms with Gasteiger partial charge in [0.05, 0.1) is 11.4 Å². The molecule has 1 heterocycles. The molecule has 1 aromatic carbocycles. The number of thiazole rings is 1. The molecule has 0 spiro atoms. The summed E-state index contributed by atoms with van der Waals surface area (Å²) in [6.07, 6.45) is 6.01. The van der Waals surface area contributed by atoms with Gasteiger partial charge in [0.15, 0.2) is 5.78 Å². The number of ketones is 1. The monoisotopic (exact) mass is 449 g/mol. The molecule has 1 aromatic heterocycles. The van der Waals surface area contributed by atoms with Crippen LogP contribution >= 0.6 is 11.3 Å². The van der Waals surface area contributed by atoms with Crippen molar-refractivity contribution in [3.63, 3.8) is 0 Å². The summed E-state index contributed by atoms with van der Waals surface area (Å²) < 4.78 is 2.25. The van der Waals surface area contributed by atoms with Crippen LogP contribution in [-0.4, -0.2) is 16.1 Å². The van der Waals surface area contributed by atoms with Gasteiger partial charge in [-0.1, -0.05) is 85.2 Å². The topological polar surface area (TPSA) is 46.7 Å². The lowest BCUT2D eigenvalue weighted by molar-refractivity contribution is -0.114. The maximum absolute atomic E-state index is 13.1. The molecular formula is C27H35N3OS. The molecular weight excluding hydrogens is 414 g/mol. The number of carbonyl (C=O) groups excluding carboxylic acids is 1. The van der Waals surface area contributed by atoms with Gasteiger partial charge in [0, 0.05) is 23.1 Å². The van der Waals surface area contributed by atoms with Gasteiger partial charge in [0.1, 0.15) is 0 Å². The van der Waals surface area contributed by atoms with Crippen LogP contribution in [0.4, 0.5) is 0 Å². The van der Waals surface area contributed by atoms with Crippen LogP contribution in [0, 0.1) is 10.8 Å². The van der Waals surface area contributed by atoms with Crippen molar-refractivity contribution < 1.29 is 4.79 Å². The van der Waals surface area contributed by atoms with Gasteiger partial charge >= 0.3 is 0 Å². The molecule has 0 amide bonds. The molecule has 170 valence electrons. The van der Waals surface area contributed by atoms with E-state index >= 15 is 0 Å². The number of nitrogens with zero attached hydrogens (tertiary/aromatic N) is 3. The maximum Gasteiger partial charge on any atom is 0.211 e. The second kappa shape index (κ2) is 9.53. The van der Waals surface area contributed by atoms with Gasteiger partial charge in [0.2, 0.25) is 4.80 Å². The SMILES string of the molecule is CCCCn1c(-c2ccccc2)csc1=NN=C1C=C(C(C)(C)C)C(=O)C(C(C)(C)C)=C1. The Kier molecular flexibility index (Phi) is 7.19. The molecule has 3 rings (SSSR count). The van der Waals surface area contributed by atoms with Crippen molar-refractivity contribution in [1.29, 1.82) is 0 Å². The van der Waals surface area contributed by atoms with E-state index in [2.05, 4.69) is 92.9 Å². The molecule has 0 aliphatic heterocycles. The Morgan fingerprint density at radius 1 is 0.906 bits per heavy atom. The van der Waals surface area contributed by atoms with Crippen LogP contribution in [0.1, 0.15) is 61.3 Å². The van der Waals surface area contributed by atoms with Gasteiger partial charge in [-0.05, 0) is 35.0 Å². The van der Waals surface area contributed by atoms with Crippen LogP contribution in [0.25, 0.3) is 11.3 Å². The van der Waals surface area contributed by atoms with Crippen molar-refractivity contribution in [2.24, 2.45) is 21.0 Å². The minimum Gasteiger partial charge on any atom is -0.315 e. The average Bonchev–Trinajstić information content (AvgIpc) is 3.13. The molecule has 0 radical (unpaired) electrons. The highest BCUT2D eigenvalue weighted by molar-refractivity contribution is 7.07. The summed E-state index contributed by atoms with van der Waals surface area (Å²) in [5, 5.41) is 11.4. The van der Waals surface area contributed by atoms with Crippen LogP contribution in [0.2, 0.25) is 0 Å². The molecule has 0 saturated carbocycles. The second-order valence-electron chi connectivity index (χ2n) is 10.3. The van der Waals surface area contributed by atoms with Gasteiger partial charge in [-0.2, -0.15) is 0 Å². The molecule has 0 N–H and O–H groups in total. The quantitative estimate of drug-likeness (QED) is 0.366. The summed E-state index contributed by atoms with van der Waals surface area (Å²) in [5.41, 5.74) is 4.14. The Bertz CT molecular complexity index is 1090. The first-order chi connectivity index (χ1) is 15.0. The summed E-state index contributed by atoms with van der Waals surface area (Å²) in [6.45, 7) is 15.5. The van der Waals surface area contributed by atoms with Crippen LogP contribution in [0.5, 0.6) is 0 Å². The average molecular weight is 450 g/mol. The zero-order valence-electron chi connectivity index (χ0n) is 20.4. The first-order valence-corrected chi connectivity index (χ1v) is 12.2. The van der Waals surface area contributed by atoms with E-state index in [1.165, 1.54) is 11.3 Å². The van der Waals surface area contributed by atoms with Gasteiger partial charge in [-0.15, -0.1) is 21.5 Å². The van der Waals surface area contributed by atoms with Crippen molar-refractivity contribution in [3.05, 3.63) is 63.8 Å². The van der Waals surface area contributed by atoms with Crippen LogP contribution in [-0.2, 0) is 11.3 Å². The van der Waals surface area contributed by atoms with Crippen LogP contribution < -0.4 is 4.80 Å². The molecule has 0 atom stereocenters. The smallest absolute Gasteiger partial charge is 0.211 e. The Hall–Kier alpha value is -2.53. The van der Waals surface area contributed by atoms with E-state index < -0.39 is 0 Å². The number of carbonyl (C=O) groups is 1. The van der Waals surface area contributed by atoms with E-state index in [1.54, 1.807) is 11.3 Å². The van der Waals surface area contributed by atoms with E-state index in [-0.39, 0.29) is 16.6 Å². The molecule has 2 aromatic rings. The zero-order valence-corrected chi connectivity index (χ0v) is 21.2. The van der Waals surface area contributed by atoms with Crippen LogP contribution in [0.15, 0.2) is 69.2 Å². The number of Topliss-reactive ketones (excluding diaryl/α,β-unsaturated/α-hetero) is 1. The Morgan fingerprint density at radius 2 is 1.50 bits per heavy atom. The number of allylic oxidation sites excluding steroid dienone is 4. The second-order valence-corrected chi connectivity index (χ2v) is 11.2. The third-order valence-electron chi connectivity index (χ3n) is 5.54. The van der Waals surface area contributed by atoms with Gasteiger partial charge in [-0.3, -0.25) is 4.79 Å². The number of hydrogen-bond donors (Lipinski definition) is 0. The first-order valence-electron chi connectivity index (χ1n) is 11.4. The van der Waals surface area contributed by atoms with E-state index in [1.807, 2.05) is 18.2 Å². The largest absolute Gasteiger partial charge is 0.315 e. The molecule has 1 aliphatic rings. The summed E-state index contributed by atoms with van der Waals surface area (Å²) in [6, 6.07) is 10.4. The highest BCUT2D eigenvalue weighted by Gasteiger charge is 2.34. The predicted molar refractivity (Wildman–Crippen MR) is 136 cm³/mol. The normalized spacial score (nSPS) is 15.7. The fraction of sp³-hybridized carbons (Fsp3) is 0.444. The number of hydrogen-bond acceptors (Lipinski definition) is 4. The molecule has 0 bridgehead atoms. The standard InChI is InChI=1S/C27H35N3OS/c1-8-9-15-30-23(19-13-11-10-12-14-19)18-32-25(30)29-28-20-16-21(26(2,3)4)24(31)22(17-20)27(5,6)7/h10-14,16-18H,8-9,15H2,1-7H3. The molecule has 0 fully saturated rings. The molecule has 4 nitrogen and oxygen atoms in total. The number of rotatable bonds is 5. The zero-order chi connectivity index (χ0) is 23.5. The first kappa shape index (κ1) is 24.1. The fourth-order valence-corrected chi connectivity index (χ4v) is 4.55. The lowest BCUT2D eigenvalue weighted by atomic mass is 9.72. The summed E-state index contributed by atoms with van der Waals surface area (Å²) >= 11 is 1.60. The van der Waals surface area contributed by atoms with E-state index in [9.17, 15) is 4.79 Å². The van der Waals surface area contributed by atoms with Crippen LogP contribution in [0.3, 0.4) is 0 Å². The van der Waals surface area contributed by atoms with Gasteiger partial charge in [0.25, 0.3) is 0 Å². The summed E-state index contributed by atoms with van der Waals surface area (Å²) in [7, 11) is 0. The lowest BCUT2D eigenvalue weighted by Crippen LogP contribution is -2.29. The van der Waals surface area contributed by atoms with Crippen molar-refractivity contribution >= 4 is 22.8 Å². The fourth-order valence-electron chi connectivity index (χ4n) is 3.67. The third kappa shape index (κ3) is 5.44. The Balaban J connectivity index is 2.12. The molecule has 5 heteroatoms. The Labute approximate surface area is 196 Å². The molecule has 32 heavy (non-hydrogen) atoms. The summed E-state index contributed by atoms with van der Waals surface area (Å²) in [4.78, 5) is 14.0. The molecule has 0 saturated heterocycles. The summed E-state index contributed by atoms with van der Waals surface area (Å²) in [5.74, 6) is 0.115.